The molecule has 296 valence electrons. The number of aromatic nitrogens is 1. The fourth-order valence-electron chi connectivity index (χ4n) is 4.81. The van der Waals surface area contributed by atoms with E-state index in [0.29, 0.717) is 24.8 Å². The fraction of sp³-hybridized carbons (Fsp3) is 0.324. The molecule has 4 aromatic rings. The minimum Gasteiger partial charge on any atom is -0.485 e. The van der Waals surface area contributed by atoms with E-state index in [1.165, 1.54) is 48.7 Å². The van der Waals surface area contributed by atoms with Crippen molar-refractivity contribution in [1.29, 1.82) is 5.26 Å². The molecule has 0 spiro atoms. The predicted molar refractivity (Wildman–Crippen MR) is 196 cm³/mol. The maximum atomic E-state index is 13.9. The molecule has 3 aromatic carbocycles. The number of nitro groups is 1. The number of non-ortho nitro benzene ring substituents is 1. The number of Topliss-reactive ketones (excluding diaryl/α,β-unsaturated/α-hetero) is 1. The molecular weight excluding hydrogens is 755 g/mol. The highest BCUT2D eigenvalue weighted by Gasteiger charge is 2.31. The Labute approximate surface area is 320 Å². The number of carbonyl (C=O) groups excluding carboxylic acids is 4. The second-order valence-corrected chi connectivity index (χ2v) is 13.3. The van der Waals surface area contributed by atoms with Crippen molar-refractivity contribution in [2.24, 2.45) is 5.73 Å². The summed E-state index contributed by atoms with van der Waals surface area (Å²) in [6.07, 6.45) is 1.70. The summed E-state index contributed by atoms with van der Waals surface area (Å²) in [5, 5.41) is 19.7. The highest BCUT2D eigenvalue weighted by atomic mass is 31.2. The smallest absolute Gasteiger partial charge is 0.485 e. The molecule has 2 N–H and O–H groups in total. The Bertz CT molecular complexity index is 2060. The van der Waals surface area contributed by atoms with Gasteiger partial charge in [0.1, 0.15) is 25.6 Å². The van der Waals surface area contributed by atoms with E-state index < -0.39 is 37.2 Å². The molecule has 0 aliphatic heterocycles. The number of unbranched alkanes of at least 4 members (excludes halogenated alkanes) is 2. The van der Waals surface area contributed by atoms with Gasteiger partial charge in [-0.1, -0.05) is 36.8 Å². The fourth-order valence-corrected chi connectivity index (χ4v) is 6.06. The molecule has 56 heavy (non-hydrogen) atoms. The zero-order valence-corrected chi connectivity index (χ0v) is 31.0. The highest BCUT2D eigenvalue weighted by molar-refractivity contribution is 7.49. The number of esters is 2. The van der Waals surface area contributed by atoms with Crippen LogP contribution in [0.15, 0.2) is 79.0 Å². The molecule has 0 amide bonds. The number of hydrogen-bond donors (Lipinski definition) is 1. The van der Waals surface area contributed by atoms with Crippen LogP contribution in [0.5, 0.6) is 11.5 Å². The van der Waals surface area contributed by atoms with E-state index in [2.05, 4.69) is 0 Å². The summed E-state index contributed by atoms with van der Waals surface area (Å²) in [6.45, 7) is -1.44. The van der Waals surface area contributed by atoms with Gasteiger partial charge in [-0.25, -0.2) is 18.7 Å². The average Bonchev–Trinajstić information content (AvgIpc) is 3.56. The summed E-state index contributed by atoms with van der Waals surface area (Å²) in [5.41, 5.74) is 6.95. The SMILES string of the molecule is N#CCCOC(=O)C(=O)COc1ccc2c(c1)c(OP(=O)(OCCN)OCCCCCC(=O)OCc1ccccc1)cn2C(=O)OCc1ccc([N+](=O)[O-])cc1. The molecule has 0 saturated carbocycles. The van der Waals surface area contributed by atoms with Crippen LogP contribution in [0, 0.1) is 21.4 Å². The maximum absolute atomic E-state index is 13.9. The number of hydrogen-bond acceptors (Lipinski definition) is 16. The van der Waals surface area contributed by atoms with Crippen LogP contribution in [-0.2, 0) is 55.4 Å². The molecule has 18 nitrogen and oxygen atoms in total. The van der Waals surface area contributed by atoms with E-state index in [4.69, 9.17) is 43.5 Å². The van der Waals surface area contributed by atoms with Gasteiger partial charge in [0.25, 0.3) is 11.5 Å². The first-order valence-electron chi connectivity index (χ1n) is 17.3. The van der Waals surface area contributed by atoms with E-state index in [1.807, 2.05) is 30.3 Å². The van der Waals surface area contributed by atoms with Gasteiger partial charge in [-0.2, -0.15) is 5.26 Å². The van der Waals surface area contributed by atoms with E-state index >= 15 is 0 Å². The summed E-state index contributed by atoms with van der Waals surface area (Å²) in [5.74, 6) is -2.71. The predicted octanol–water partition coefficient (Wildman–Crippen LogP) is 5.92. The lowest BCUT2D eigenvalue weighted by Crippen LogP contribution is -2.24. The quantitative estimate of drug-likeness (QED) is 0.0174. The Morgan fingerprint density at radius 1 is 0.857 bits per heavy atom. The zero-order chi connectivity index (χ0) is 40.3. The Kier molecular flexibility index (Phi) is 16.5. The van der Waals surface area contributed by atoms with Crippen molar-refractivity contribution in [3.8, 4) is 17.6 Å². The molecule has 4 rings (SSSR count). The number of rotatable bonds is 23. The van der Waals surface area contributed by atoms with E-state index in [-0.39, 0.29) is 86.5 Å². The van der Waals surface area contributed by atoms with Crippen molar-refractivity contribution in [2.75, 3.05) is 33.0 Å². The first-order valence-corrected chi connectivity index (χ1v) is 18.7. The minimum absolute atomic E-state index is 0.0382. The van der Waals surface area contributed by atoms with Gasteiger partial charge in [0, 0.05) is 30.5 Å². The number of carbonyl (C=O) groups is 4. The monoisotopic (exact) mass is 794 g/mol. The summed E-state index contributed by atoms with van der Waals surface area (Å²) in [4.78, 5) is 60.1. The van der Waals surface area contributed by atoms with Crippen molar-refractivity contribution < 1.29 is 61.2 Å². The molecule has 1 atom stereocenters. The molecule has 0 saturated heterocycles. The number of benzene rings is 3. The summed E-state index contributed by atoms with van der Waals surface area (Å²) in [6, 6.07) is 20.6. The molecule has 0 radical (unpaired) electrons. The van der Waals surface area contributed by atoms with Gasteiger partial charge < -0.3 is 29.2 Å². The number of phosphoric ester groups is 1. The number of ether oxygens (including phenoxy) is 4. The van der Waals surface area contributed by atoms with Crippen LogP contribution >= 0.6 is 7.82 Å². The Morgan fingerprint density at radius 2 is 1.57 bits per heavy atom. The number of nitro benzene ring substituents is 1. The third-order valence-corrected chi connectivity index (χ3v) is 9.00. The van der Waals surface area contributed by atoms with Gasteiger partial charge >= 0.3 is 25.9 Å². The topological polar surface area (TPSA) is 248 Å². The molecule has 1 unspecified atom stereocenters. The lowest BCUT2D eigenvalue weighted by Gasteiger charge is -2.18. The number of ketones is 1. The van der Waals surface area contributed by atoms with Crippen LogP contribution in [0.1, 0.15) is 43.2 Å². The van der Waals surface area contributed by atoms with E-state index in [9.17, 15) is 33.9 Å². The highest BCUT2D eigenvalue weighted by Crippen LogP contribution is 2.51. The van der Waals surface area contributed by atoms with Crippen LogP contribution < -0.4 is 15.0 Å². The normalized spacial score (nSPS) is 11.9. The van der Waals surface area contributed by atoms with Crippen molar-refractivity contribution in [3.05, 3.63) is 100 Å². The maximum Gasteiger partial charge on any atom is 0.530 e. The largest absolute Gasteiger partial charge is 0.530 e. The molecule has 0 bridgehead atoms. The Morgan fingerprint density at radius 3 is 2.29 bits per heavy atom. The molecule has 0 aliphatic rings. The Balaban J connectivity index is 1.46. The lowest BCUT2D eigenvalue weighted by molar-refractivity contribution is -0.384. The van der Waals surface area contributed by atoms with Crippen LogP contribution in [0.25, 0.3) is 10.9 Å². The van der Waals surface area contributed by atoms with Crippen molar-refractivity contribution >= 4 is 48.2 Å². The number of fused-ring (bicyclic) bond motifs is 1. The lowest BCUT2D eigenvalue weighted by atomic mass is 10.2. The summed E-state index contributed by atoms with van der Waals surface area (Å²) in [7, 11) is -4.41. The number of nitrogens with zero attached hydrogens (tertiary/aromatic N) is 3. The molecule has 0 fully saturated rings. The van der Waals surface area contributed by atoms with Crippen LogP contribution in [0.4, 0.5) is 10.5 Å². The second-order valence-electron chi connectivity index (χ2n) is 11.7. The Hall–Kier alpha value is -6.12. The van der Waals surface area contributed by atoms with Crippen molar-refractivity contribution in [2.45, 2.75) is 45.3 Å². The summed E-state index contributed by atoms with van der Waals surface area (Å²) >= 11 is 0. The number of nitrogens with two attached hydrogens (primary N) is 1. The third-order valence-electron chi connectivity index (χ3n) is 7.58. The molecule has 19 heteroatoms. The number of phosphoric acid groups is 1. The van der Waals surface area contributed by atoms with E-state index in [0.717, 1.165) is 10.1 Å². The van der Waals surface area contributed by atoms with Crippen molar-refractivity contribution in [3.63, 3.8) is 0 Å². The first kappa shape index (κ1) is 42.6. The van der Waals surface area contributed by atoms with Gasteiger partial charge in [0.05, 0.1) is 42.3 Å². The average molecular weight is 795 g/mol. The minimum atomic E-state index is -4.41. The molecule has 1 aromatic heterocycles. The molecule has 1 heterocycles. The number of nitriles is 1. The molecular formula is C37H39N4O14P. The van der Waals surface area contributed by atoms with Crippen LogP contribution in [0.2, 0.25) is 0 Å². The van der Waals surface area contributed by atoms with Gasteiger partial charge in [-0.15, -0.1) is 0 Å². The van der Waals surface area contributed by atoms with Gasteiger partial charge in [-0.3, -0.25) is 28.8 Å². The molecule has 0 aliphatic carbocycles. The van der Waals surface area contributed by atoms with E-state index in [1.54, 1.807) is 6.07 Å². The third kappa shape index (κ3) is 13.3. The van der Waals surface area contributed by atoms with Gasteiger partial charge in [0.15, 0.2) is 12.4 Å². The standard InChI is InChI=1S/C37H39N4O14P/c38-17-7-19-49-36(44)33(42)26-50-30-15-16-32-31(22-30)34(23-40(32)37(45)52-25-28-11-13-29(14-12-28)41(46)47)55-56(48,54-21-18-39)53-20-6-2-5-10-35(43)51-24-27-8-3-1-4-9-27/h1,3-4,8-9,11-16,22-23H,2,5-7,10,18-21,24-26,39H2. The van der Waals surface area contributed by atoms with Gasteiger partial charge in [0.2, 0.25) is 0 Å². The van der Waals surface area contributed by atoms with Crippen LogP contribution in [-0.4, -0.2) is 66.3 Å². The first-order chi connectivity index (χ1) is 27.0. The zero-order valence-electron chi connectivity index (χ0n) is 30.1. The second kappa shape index (κ2) is 21.7. The summed E-state index contributed by atoms with van der Waals surface area (Å²) < 4.78 is 52.7. The van der Waals surface area contributed by atoms with Crippen molar-refractivity contribution in [1.82, 2.24) is 4.57 Å². The van der Waals surface area contributed by atoms with Crippen LogP contribution in [0.3, 0.4) is 0 Å². The van der Waals surface area contributed by atoms with Gasteiger partial charge in [-0.05, 0) is 54.3 Å².